The lowest BCUT2D eigenvalue weighted by molar-refractivity contribution is -0.184. The van der Waals surface area contributed by atoms with Crippen LogP contribution in [0.2, 0.25) is 0 Å². The molecule has 1 heterocycles. The van der Waals surface area contributed by atoms with Crippen LogP contribution < -0.4 is 10.8 Å². The van der Waals surface area contributed by atoms with E-state index in [1.54, 1.807) is 5.48 Å². The second kappa shape index (κ2) is 4.32. The van der Waals surface area contributed by atoms with Crippen molar-refractivity contribution in [2.24, 2.45) is 0 Å². The molecule has 0 spiro atoms. The second-order valence-corrected chi connectivity index (χ2v) is 2.49. The van der Waals surface area contributed by atoms with E-state index in [2.05, 4.69) is 10.2 Å². The van der Waals surface area contributed by atoms with Gasteiger partial charge in [0, 0.05) is 0 Å². The van der Waals surface area contributed by atoms with Crippen LogP contribution in [0.4, 0.5) is 8.78 Å². The van der Waals surface area contributed by atoms with Gasteiger partial charge in [-0.15, -0.1) is 0 Å². The third kappa shape index (κ3) is 2.71. The number of alkyl halides is 2. The Morgan fingerprint density at radius 1 is 1.67 bits per heavy atom. The number of hydrogen-bond acceptors (Lipinski definition) is 3. The van der Waals surface area contributed by atoms with E-state index in [0.717, 1.165) is 13.0 Å². The number of halogens is 2. The molecule has 1 saturated heterocycles. The maximum atomic E-state index is 11.4. The summed E-state index contributed by atoms with van der Waals surface area (Å²) in [6.07, 6.45) is 1.55. The van der Waals surface area contributed by atoms with Gasteiger partial charge in [0.05, 0.1) is 6.04 Å². The van der Waals surface area contributed by atoms with Gasteiger partial charge in [0.15, 0.2) is 0 Å². The van der Waals surface area contributed by atoms with Crippen molar-refractivity contribution < 1.29 is 18.4 Å². The molecule has 1 aliphatic rings. The van der Waals surface area contributed by atoms with Crippen molar-refractivity contribution in [3.8, 4) is 0 Å². The minimum absolute atomic E-state index is 0.385. The van der Waals surface area contributed by atoms with E-state index >= 15 is 0 Å². The number of hydrogen-bond donors (Lipinski definition) is 2. The number of rotatable bonds is 3. The summed E-state index contributed by atoms with van der Waals surface area (Å²) in [4.78, 5) is 14.6. The van der Waals surface area contributed by atoms with Crippen LogP contribution in [0.1, 0.15) is 12.8 Å². The fourth-order valence-electron chi connectivity index (χ4n) is 1.08. The Labute approximate surface area is 68.2 Å². The molecule has 4 nitrogen and oxygen atoms in total. The summed E-state index contributed by atoms with van der Waals surface area (Å²) in [5, 5.41) is 2.84. The summed E-state index contributed by atoms with van der Waals surface area (Å²) in [5.41, 5.74) is 1.67. The highest BCUT2D eigenvalue weighted by Gasteiger charge is 2.22. The molecule has 0 aromatic carbocycles. The number of carbonyl (C=O) groups excluding carboxylic acids is 1. The van der Waals surface area contributed by atoms with E-state index in [4.69, 9.17) is 0 Å². The van der Waals surface area contributed by atoms with Gasteiger partial charge in [0.2, 0.25) is 0 Å². The highest BCUT2D eigenvalue weighted by atomic mass is 19.3. The van der Waals surface area contributed by atoms with Crippen molar-refractivity contribution in [3.63, 3.8) is 0 Å². The van der Waals surface area contributed by atoms with Gasteiger partial charge in [-0.3, -0.25) is 4.79 Å². The zero-order valence-electron chi connectivity index (χ0n) is 6.35. The molecule has 0 bridgehead atoms. The summed E-state index contributed by atoms with van der Waals surface area (Å²) >= 11 is 0. The van der Waals surface area contributed by atoms with E-state index in [9.17, 15) is 13.6 Å². The average Bonchev–Trinajstić information content (AvgIpc) is 2.51. The van der Waals surface area contributed by atoms with E-state index in [1.807, 2.05) is 0 Å². The Bertz CT molecular complexity index is 160. The first kappa shape index (κ1) is 9.34. The number of carbonyl (C=O) groups is 1. The summed E-state index contributed by atoms with van der Waals surface area (Å²) < 4.78 is 22.8. The van der Waals surface area contributed by atoms with Crippen molar-refractivity contribution in [1.82, 2.24) is 10.8 Å². The van der Waals surface area contributed by atoms with Crippen LogP contribution in [0.15, 0.2) is 0 Å². The molecule has 0 radical (unpaired) electrons. The van der Waals surface area contributed by atoms with Gasteiger partial charge in [0.1, 0.15) is 0 Å². The van der Waals surface area contributed by atoms with Crippen LogP contribution in [-0.2, 0) is 9.63 Å². The van der Waals surface area contributed by atoms with Gasteiger partial charge in [-0.1, -0.05) is 0 Å². The van der Waals surface area contributed by atoms with Crippen LogP contribution in [0.25, 0.3) is 0 Å². The van der Waals surface area contributed by atoms with Crippen molar-refractivity contribution in [2.75, 3.05) is 6.54 Å². The van der Waals surface area contributed by atoms with Gasteiger partial charge in [-0.25, -0.2) is 10.3 Å². The zero-order chi connectivity index (χ0) is 8.97. The predicted molar refractivity (Wildman–Crippen MR) is 36.3 cm³/mol. The van der Waals surface area contributed by atoms with Gasteiger partial charge < -0.3 is 5.32 Å². The maximum absolute atomic E-state index is 11.4. The normalized spacial score (nSPS) is 23.1. The minimum Gasteiger partial charge on any atom is -0.306 e. The Kier molecular flexibility index (Phi) is 3.36. The van der Waals surface area contributed by atoms with Gasteiger partial charge in [-0.05, 0) is 19.4 Å². The first-order valence-electron chi connectivity index (χ1n) is 3.67. The second-order valence-electron chi connectivity index (χ2n) is 2.49. The van der Waals surface area contributed by atoms with Crippen molar-refractivity contribution in [3.05, 3.63) is 0 Å². The smallest absolute Gasteiger partial charge is 0.306 e. The van der Waals surface area contributed by atoms with Crippen molar-refractivity contribution in [1.29, 1.82) is 0 Å². The lowest BCUT2D eigenvalue weighted by atomic mass is 10.2. The topological polar surface area (TPSA) is 50.4 Å². The van der Waals surface area contributed by atoms with Crippen LogP contribution in [0, 0.1) is 0 Å². The molecule has 1 rings (SSSR count). The summed E-state index contributed by atoms with van der Waals surface area (Å²) in [7, 11) is 0. The molecule has 1 unspecified atom stereocenters. The molecule has 1 atom stereocenters. The molecular formula is C6H10F2N2O2. The fourth-order valence-corrected chi connectivity index (χ4v) is 1.08. The molecular weight excluding hydrogens is 170 g/mol. The summed E-state index contributed by atoms with van der Waals surface area (Å²) in [6.45, 7) is -2.22. The molecule has 1 fully saturated rings. The molecule has 0 aromatic rings. The molecule has 0 saturated carbocycles. The molecule has 2 N–H and O–H groups in total. The standard InChI is InChI=1S/C6H10F2N2O2/c7-6(8)12-10-5(11)4-2-1-3-9-4/h4,6,9H,1-3H2,(H,10,11). The summed E-state index contributed by atoms with van der Waals surface area (Å²) in [6, 6.07) is -0.385. The minimum atomic E-state index is -2.96. The predicted octanol–water partition coefficient (Wildman–Crippen LogP) is 0.00880. The fraction of sp³-hybridized carbons (Fsp3) is 0.833. The van der Waals surface area contributed by atoms with Gasteiger partial charge in [0.25, 0.3) is 5.91 Å². The number of hydroxylamine groups is 1. The van der Waals surface area contributed by atoms with Crippen LogP contribution in [-0.4, -0.2) is 25.1 Å². The molecule has 1 aliphatic heterocycles. The SMILES string of the molecule is O=C(NOC(F)F)C1CCCN1. The van der Waals surface area contributed by atoms with Crippen molar-refractivity contribution >= 4 is 5.91 Å². The molecule has 0 aromatic heterocycles. The van der Waals surface area contributed by atoms with Crippen molar-refractivity contribution in [2.45, 2.75) is 25.5 Å². The number of nitrogens with one attached hydrogen (secondary N) is 2. The van der Waals surface area contributed by atoms with Crippen LogP contribution >= 0.6 is 0 Å². The first-order chi connectivity index (χ1) is 5.70. The third-order valence-electron chi connectivity index (χ3n) is 1.63. The zero-order valence-corrected chi connectivity index (χ0v) is 6.35. The van der Waals surface area contributed by atoms with Gasteiger partial charge >= 0.3 is 6.61 Å². The lowest BCUT2D eigenvalue weighted by Gasteiger charge is -2.09. The van der Waals surface area contributed by atoms with Crippen LogP contribution in [0.3, 0.4) is 0 Å². The highest BCUT2D eigenvalue weighted by molar-refractivity contribution is 5.80. The first-order valence-corrected chi connectivity index (χ1v) is 3.67. The lowest BCUT2D eigenvalue weighted by Crippen LogP contribution is -2.41. The van der Waals surface area contributed by atoms with E-state index < -0.39 is 12.5 Å². The Morgan fingerprint density at radius 2 is 2.42 bits per heavy atom. The molecule has 0 aliphatic carbocycles. The number of amides is 1. The van der Waals surface area contributed by atoms with E-state index in [-0.39, 0.29) is 6.04 Å². The van der Waals surface area contributed by atoms with E-state index in [0.29, 0.717) is 6.42 Å². The maximum Gasteiger partial charge on any atom is 0.364 e. The molecule has 1 amide bonds. The highest BCUT2D eigenvalue weighted by Crippen LogP contribution is 2.04. The van der Waals surface area contributed by atoms with Gasteiger partial charge in [-0.2, -0.15) is 8.78 Å². The molecule has 70 valence electrons. The Hall–Kier alpha value is -0.750. The third-order valence-corrected chi connectivity index (χ3v) is 1.63. The van der Waals surface area contributed by atoms with E-state index in [1.165, 1.54) is 0 Å². The summed E-state index contributed by atoms with van der Waals surface area (Å²) in [5.74, 6) is -0.534. The van der Waals surface area contributed by atoms with Crippen LogP contribution in [0.5, 0.6) is 0 Å². The monoisotopic (exact) mass is 180 g/mol. The Balaban J connectivity index is 2.18. The largest absolute Gasteiger partial charge is 0.364 e. The quantitative estimate of drug-likeness (QED) is 0.601. The molecule has 12 heavy (non-hydrogen) atoms. The Morgan fingerprint density at radius 3 is 2.92 bits per heavy atom. The molecule has 6 heteroatoms. The average molecular weight is 180 g/mol.